The molecule has 0 aliphatic carbocycles. The molecular weight excluding hydrogens is 392 g/mol. The summed E-state index contributed by atoms with van der Waals surface area (Å²) in [5, 5.41) is 9.00. The summed E-state index contributed by atoms with van der Waals surface area (Å²) in [4.78, 5) is 40.2. The Kier molecular flexibility index (Phi) is 8.48. The van der Waals surface area contributed by atoms with Crippen LogP contribution in [0.1, 0.15) is 64.7 Å². The van der Waals surface area contributed by atoms with Crippen LogP contribution in [0.5, 0.6) is 0 Å². The largest absolute Gasteiger partial charge is 0.352 e. The maximum Gasteiger partial charge on any atom is 0.317 e. The minimum Gasteiger partial charge on any atom is -0.352 e. The summed E-state index contributed by atoms with van der Waals surface area (Å²) in [5.74, 6) is -0.169. The van der Waals surface area contributed by atoms with Gasteiger partial charge in [0.15, 0.2) is 0 Å². The van der Waals surface area contributed by atoms with Crippen molar-refractivity contribution in [2.75, 3.05) is 13.1 Å². The summed E-state index contributed by atoms with van der Waals surface area (Å²) in [7, 11) is 0. The van der Waals surface area contributed by atoms with E-state index in [9.17, 15) is 14.4 Å². The lowest BCUT2D eigenvalue weighted by atomic mass is 9.88. The predicted molar refractivity (Wildman–Crippen MR) is 123 cm³/mol. The number of urea groups is 1. The van der Waals surface area contributed by atoms with E-state index >= 15 is 0 Å². The number of nitrogens with one attached hydrogen (secondary N) is 3. The van der Waals surface area contributed by atoms with Crippen molar-refractivity contribution in [2.45, 2.75) is 72.0 Å². The second kappa shape index (κ2) is 10.6. The molecule has 4 amide bonds. The van der Waals surface area contributed by atoms with Crippen molar-refractivity contribution in [2.24, 2.45) is 11.8 Å². The molecule has 0 saturated carbocycles. The molecule has 1 saturated heterocycles. The van der Waals surface area contributed by atoms with Crippen LogP contribution in [-0.4, -0.2) is 53.5 Å². The van der Waals surface area contributed by atoms with Gasteiger partial charge in [0.2, 0.25) is 5.91 Å². The highest BCUT2D eigenvalue weighted by molar-refractivity contribution is 5.97. The van der Waals surface area contributed by atoms with Crippen LogP contribution in [0.15, 0.2) is 30.3 Å². The smallest absolute Gasteiger partial charge is 0.317 e. The monoisotopic (exact) mass is 430 g/mol. The van der Waals surface area contributed by atoms with Gasteiger partial charge in [-0.3, -0.25) is 9.59 Å². The van der Waals surface area contributed by atoms with Crippen LogP contribution in [0, 0.1) is 11.8 Å². The Morgan fingerprint density at radius 1 is 0.968 bits per heavy atom. The van der Waals surface area contributed by atoms with E-state index < -0.39 is 6.04 Å². The Bertz CT molecular complexity index is 750. The topological polar surface area (TPSA) is 90.5 Å². The van der Waals surface area contributed by atoms with E-state index in [1.807, 2.05) is 33.8 Å². The fourth-order valence-electron chi connectivity index (χ4n) is 3.53. The summed E-state index contributed by atoms with van der Waals surface area (Å²) < 4.78 is 0. The van der Waals surface area contributed by atoms with Crippen LogP contribution in [-0.2, 0) is 4.79 Å². The molecule has 0 aromatic heterocycles. The highest BCUT2D eigenvalue weighted by Crippen LogP contribution is 2.22. The maximum atomic E-state index is 13.1. The average Bonchev–Trinajstić information content (AvgIpc) is 2.71. The third-order valence-corrected chi connectivity index (χ3v) is 5.76. The molecule has 3 N–H and O–H groups in total. The fourth-order valence-corrected chi connectivity index (χ4v) is 3.53. The number of piperidine rings is 1. The van der Waals surface area contributed by atoms with Crippen molar-refractivity contribution >= 4 is 17.8 Å². The predicted octanol–water partition coefficient (Wildman–Crippen LogP) is 3.17. The Balaban J connectivity index is 2.09. The summed E-state index contributed by atoms with van der Waals surface area (Å²) >= 11 is 0. The molecule has 7 nitrogen and oxygen atoms in total. The van der Waals surface area contributed by atoms with E-state index in [4.69, 9.17) is 0 Å². The van der Waals surface area contributed by atoms with Crippen LogP contribution < -0.4 is 16.0 Å². The number of hydrogen-bond acceptors (Lipinski definition) is 3. The lowest BCUT2D eigenvalue weighted by Crippen LogP contribution is -2.57. The second-order valence-corrected chi connectivity index (χ2v) is 9.86. The molecule has 31 heavy (non-hydrogen) atoms. The summed E-state index contributed by atoms with van der Waals surface area (Å²) in [6.07, 6.45) is 1.31. The Morgan fingerprint density at radius 3 is 2.06 bits per heavy atom. The van der Waals surface area contributed by atoms with E-state index in [0.29, 0.717) is 31.5 Å². The highest BCUT2D eigenvalue weighted by atomic mass is 16.2. The lowest BCUT2D eigenvalue weighted by Gasteiger charge is -2.37. The van der Waals surface area contributed by atoms with Crippen molar-refractivity contribution in [3.63, 3.8) is 0 Å². The fraction of sp³-hybridized carbons (Fsp3) is 0.625. The molecular formula is C24H38N4O3. The SMILES string of the molecule is CC(C)[C@@H](C)NC(=O)[C@H](NC(=O)c1ccccc1)C1CCN(C(=O)NC(C)(C)C)CC1. The van der Waals surface area contributed by atoms with Crippen molar-refractivity contribution in [1.82, 2.24) is 20.9 Å². The van der Waals surface area contributed by atoms with Gasteiger partial charge in [-0.15, -0.1) is 0 Å². The minimum absolute atomic E-state index is 0.00118. The molecule has 0 bridgehead atoms. The summed E-state index contributed by atoms with van der Waals surface area (Å²) in [6, 6.07) is 8.20. The summed E-state index contributed by atoms with van der Waals surface area (Å²) in [5.41, 5.74) is 0.228. The van der Waals surface area contributed by atoms with Gasteiger partial charge in [-0.2, -0.15) is 0 Å². The van der Waals surface area contributed by atoms with Crippen molar-refractivity contribution in [1.29, 1.82) is 0 Å². The van der Waals surface area contributed by atoms with Gasteiger partial charge in [-0.1, -0.05) is 32.0 Å². The van der Waals surface area contributed by atoms with E-state index in [0.717, 1.165) is 0 Å². The number of likely N-dealkylation sites (tertiary alicyclic amines) is 1. The molecule has 1 aromatic carbocycles. The molecule has 1 aliphatic rings. The molecule has 2 atom stereocenters. The lowest BCUT2D eigenvalue weighted by molar-refractivity contribution is -0.125. The second-order valence-electron chi connectivity index (χ2n) is 9.86. The third kappa shape index (κ3) is 7.56. The average molecular weight is 431 g/mol. The maximum absolute atomic E-state index is 13.1. The normalized spacial score (nSPS) is 17.1. The van der Waals surface area contributed by atoms with E-state index in [-0.39, 0.29) is 41.3 Å². The molecule has 0 unspecified atom stereocenters. The minimum atomic E-state index is -0.637. The zero-order valence-electron chi connectivity index (χ0n) is 19.7. The number of rotatable bonds is 6. The zero-order valence-corrected chi connectivity index (χ0v) is 19.7. The van der Waals surface area contributed by atoms with Crippen molar-refractivity contribution < 1.29 is 14.4 Å². The van der Waals surface area contributed by atoms with E-state index in [1.165, 1.54) is 0 Å². The van der Waals surface area contributed by atoms with Crippen molar-refractivity contribution in [3.8, 4) is 0 Å². The van der Waals surface area contributed by atoms with Crippen LogP contribution in [0.25, 0.3) is 0 Å². The molecule has 2 rings (SSSR count). The number of nitrogens with zero attached hydrogens (tertiary/aromatic N) is 1. The number of carbonyl (C=O) groups excluding carboxylic acids is 3. The first kappa shape index (κ1) is 24.7. The molecule has 1 fully saturated rings. The molecule has 0 spiro atoms. The van der Waals surface area contributed by atoms with E-state index in [1.54, 1.807) is 29.2 Å². The van der Waals surface area contributed by atoms with Crippen LogP contribution in [0.3, 0.4) is 0 Å². The third-order valence-electron chi connectivity index (χ3n) is 5.76. The van der Waals surface area contributed by atoms with Gasteiger partial charge in [0.1, 0.15) is 6.04 Å². The number of amides is 4. The molecule has 0 radical (unpaired) electrons. The van der Waals surface area contributed by atoms with Gasteiger partial charge < -0.3 is 20.9 Å². The van der Waals surface area contributed by atoms with Crippen LogP contribution in [0.2, 0.25) is 0 Å². The number of hydrogen-bond donors (Lipinski definition) is 3. The first-order chi connectivity index (χ1) is 14.5. The van der Waals surface area contributed by atoms with Gasteiger partial charge in [0.25, 0.3) is 5.91 Å². The number of carbonyl (C=O) groups is 3. The Labute approximate surface area is 186 Å². The first-order valence-corrected chi connectivity index (χ1v) is 11.2. The number of benzene rings is 1. The quantitative estimate of drug-likeness (QED) is 0.647. The van der Waals surface area contributed by atoms with Gasteiger partial charge >= 0.3 is 6.03 Å². The molecule has 1 aromatic rings. The molecule has 1 heterocycles. The van der Waals surface area contributed by atoms with E-state index in [2.05, 4.69) is 29.8 Å². The molecule has 172 valence electrons. The van der Waals surface area contributed by atoms with Gasteiger partial charge in [-0.25, -0.2) is 4.79 Å². The van der Waals surface area contributed by atoms with Crippen LogP contribution >= 0.6 is 0 Å². The Morgan fingerprint density at radius 2 is 1.55 bits per heavy atom. The molecule has 1 aliphatic heterocycles. The highest BCUT2D eigenvalue weighted by Gasteiger charge is 2.35. The van der Waals surface area contributed by atoms with Crippen LogP contribution in [0.4, 0.5) is 4.79 Å². The zero-order chi connectivity index (χ0) is 23.2. The van der Waals surface area contributed by atoms with Gasteiger partial charge in [0.05, 0.1) is 0 Å². The Hall–Kier alpha value is -2.57. The summed E-state index contributed by atoms with van der Waals surface area (Å²) in [6.45, 7) is 13.0. The standard InChI is InChI=1S/C24H38N4O3/c1-16(2)17(3)25-22(30)20(26-21(29)19-10-8-7-9-11-19)18-12-14-28(15-13-18)23(31)27-24(4,5)6/h7-11,16-18,20H,12-15H2,1-6H3,(H,25,30)(H,26,29)(H,27,31)/t17-,20-/m1/s1. The van der Waals surface area contributed by atoms with Gasteiger partial charge in [0, 0.05) is 30.2 Å². The van der Waals surface area contributed by atoms with Crippen molar-refractivity contribution in [3.05, 3.63) is 35.9 Å². The molecule has 7 heteroatoms. The van der Waals surface area contributed by atoms with Gasteiger partial charge in [-0.05, 0) is 64.5 Å². The first-order valence-electron chi connectivity index (χ1n) is 11.2.